The van der Waals surface area contributed by atoms with Gasteiger partial charge in [-0.2, -0.15) is 13.2 Å². The van der Waals surface area contributed by atoms with Gasteiger partial charge in [0, 0.05) is 38.3 Å². The Bertz CT molecular complexity index is 518. The van der Waals surface area contributed by atoms with Crippen molar-refractivity contribution in [3.8, 4) is 0 Å². The molecular weight excluding hydrogens is 273 g/mol. The molecule has 5 nitrogen and oxygen atoms in total. The molecule has 0 unspecified atom stereocenters. The van der Waals surface area contributed by atoms with Crippen LogP contribution < -0.4 is 10.5 Å². The highest BCUT2D eigenvalue weighted by Crippen LogP contribution is 2.27. The number of hydrogen-bond donors (Lipinski definition) is 1. The van der Waals surface area contributed by atoms with Crippen LogP contribution in [0.25, 0.3) is 0 Å². The Morgan fingerprint density at radius 2 is 1.85 bits per heavy atom. The minimum Gasteiger partial charge on any atom is -0.340 e. The van der Waals surface area contributed by atoms with E-state index in [2.05, 4.69) is 28.7 Å². The van der Waals surface area contributed by atoms with Crippen molar-refractivity contribution >= 4 is 5.95 Å². The number of piperazine rings is 1. The van der Waals surface area contributed by atoms with Gasteiger partial charge in [0.15, 0.2) is 5.69 Å². The Morgan fingerprint density at radius 3 is 2.35 bits per heavy atom. The summed E-state index contributed by atoms with van der Waals surface area (Å²) < 4.78 is 37.9. The van der Waals surface area contributed by atoms with Crippen molar-refractivity contribution < 1.29 is 13.2 Å². The third-order valence-electron chi connectivity index (χ3n) is 3.36. The minimum absolute atomic E-state index is 0.00627. The van der Waals surface area contributed by atoms with Crippen molar-refractivity contribution in [2.45, 2.75) is 26.1 Å². The van der Waals surface area contributed by atoms with E-state index in [1.807, 2.05) is 0 Å². The number of nitrogens with one attached hydrogen (secondary N) is 1. The van der Waals surface area contributed by atoms with Crippen molar-refractivity contribution in [3.05, 3.63) is 22.1 Å². The number of alkyl halides is 3. The quantitative estimate of drug-likeness (QED) is 0.892. The summed E-state index contributed by atoms with van der Waals surface area (Å²) in [4.78, 5) is 21.1. The van der Waals surface area contributed by atoms with Gasteiger partial charge in [-0.15, -0.1) is 0 Å². The minimum atomic E-state index is -4.61. The average molecular weight is 290 g/mol. The lowest BCUT2D eigenvalue weighted by molar-refractivity contribution is -0.141. The zero-order valence-corrected chi connectivity index (χ0v) is 11.4. The molecule has 1 aromatic rings. The lowest BCUT2D eigenvalue weighted by atomic mass is 10.2. The highest BCUT2D eigenvalue weighted by atomic mass is 19.4. The van der Waals surface area contributed by atoms with Crippen LogP contribution in [-0.4, -0.2) is 47.1 Å². The van der Waals surface area contributed by atoms with Crippen molar-refractivity contribution in [2.75, 3.05) is 31.1 Å². The summed E-state index contributed by atoms with van der Waals surface area (Å²) in [6.45, 7) is 6.69. The zero-order valence-electron chi connectivity index (χ0n) is 11.4. The molecule has 0 aromatic carbocycles. The van der Waals surface area contributed by atoms with Crippen LogP contribution in [0.2, 0.25) is 0 Å². The van der Waals surface area contributed by atoms with E-state index in [0.717, 1.165) is 13.1 Å². The second kappa shape index (κ2) is 5.43. The lowest BCUT2D eigenvalue weighted by Gasteiger charge is -2.37. The number of nitrogens with zero attached hydrogens (tertiary/aromatic N) is 3. The average Bonchev–Trinajstić information content (AvgIpc) is 2.37. The van der Waals surface area contributed by atoms with E-state index in [1.54, 1.807) is 4.90 Å². The second-order valence-electron chi connectivity index (χ2n) is 5.07. The van der Waals surface area contributed by atoms with Crippen molar-refractivity contribution in [1.29, 1.82) is 0 Å². The van der Waals surface area contributed by atoms with Gasteiger partial charge in [-0.05, 0) is 13.8 Å². The van der Waals surface area contributed by atoms with Gasteiger partial charge in [0.05, 0.1) is 0 Å². The summed E-state index contributed by atoms with van der Waals surface area (Å²) in [6, 6.07) is 0.874. The van der Waals surface area contributed by atoms with Crippen LogP contribution in [0, 0.1) is 0 Å². The van der Waals surface area contributed by atoms with Crippen LogP contribution in [0.4, 0.5) is 19.1 Å². The molecule has 0 aliphatic carbocycles. The molecule has 2 rings (SSSR count). The maximum absolute atomic E-state index is 12.6. The van der Waals surface area contributed by atoms with Gasteiger partial charge in [0.2, 0.25) is 5.95 Å². The fourth-order valence-corrected chi connectivity index (χ4v) is 2.19. The second-order valence-corrected chi connectivity index (χ2v) is 5.07. The van der Waals surface area contributed by atoms with Gasteiger partial charge in [0.1, 0.15) is 0 Å². The summed E-state index contributed by atoms with van der Waals surface area (Å²) in [5, 5.41) is 0. The van der Waals surface area contributed by atoms with E-state index < -0.39 is 17.4 Å². The number of halogens is 3. The van der Waals surface area contributed by atoms with Gasteiger partial charge in [0.25, 0.3) is 5.56 Å². The predicted molar refractivity (Wildman–Crippen MR) is 68.8 cm³/mol. The molecular formula is C12H17F3N4O. The standard InChI is InChI=1S/C12H17F3N4O/c1-8(2)18-3-5-19(6-4-18)11-16-9(12(13,14)15)7-10(20)17-11/h7-8H,3-6H2,1-2H3,(H,16,17,20). The molecule has 1 fully saturated rings. The molecule has 20 heavy (non-hydrogen) atoms. The SMILES string of the molecule is CC(C)N1CCN(c2nc(C(F)(F)F)cc(=O)[nH]2)CC1. The highest BCUT2D eigenvalue weighted by Gasteiger charge is 2.34. The number of rotatable bonds is 2. The summed E-state index contributed by atoms with van der Waals surface area (Å²) in [5.74, 6) is -0.00627. The predicted octanol–water partition coefficient (Wildman–Crippen LogP) is 1.32. The van der Waals surface area contributed by atoms with E-state index in [9.17, 15) is 18.0 Å². The van der Waals surface area contributed by atoms with Gasteiger partial charge in [-0.25, -0.2) is 4.98 Å². The van der Waals surface area contributed by atoms with Crippen LogP contribution in [0.5, 0.6) is 0 Å². The van der Waals surface area contributed by atoms with E-state index in [1.165, 1.54) is 0 Å². The molecule has 1 saturated heterocycles. The summed E-state index contributed by atoms with van der Waals surface area (Å²) in [7, 11) is 0. The molecule has 1 aromatic heterocycles. The first-order valence-corrected chi connectivity index (χ1v) is 6.45. The van der Waals surface area contributed by atoms with Crippen LogP contribution in [0.1, 0.15) is 19.5 Å². The number of hydrogen-bond acceptors (Lipinski definition) is 4. The Hall–Kier alpha value is -1.57. The van der Waals surface area contributed by atoms with Gasteiger partial charge in [-0.1, -0.05) is 0 Å². The van der Waals surface area contributed by atoms with E-state index in [0.29, 0.717) is 25.2 Å². The Labute approximate surface area is 114 Å². The molecule has 0 saturated carbocycles. The maximum atomic E-state index is 12.6. The first-order valence-electron chi connectivity index (χ1n) is 6.45. The van der Waals surface area contributed by atoms with Crippen LogP contribution in [-0.2, 0) is 6.18 Å². The number of H-pyrrole nitrogens is 1. The summed E-state index contributed by atoms with van der Waals surface area (Å²) in [6.07, 6.45) is -4.61. The zero-order chi connectivity index (χ0) is 14.9. The fourth-order valence-electron chi connectivity index (χ4n) is 2.19. The van der Waals surface area contributed by atoms with Crippen LogP contribution >= 0.6 is 0 Å². The molecule has 0 spiro atoms. The molecule has 0 amide bonds. The molecule has 1 N–H and O–H groups in total. The molecule has 0 radical (unpaired) electrons. The Morgan fingerprint density at radius 1 is 1.25 bits per heavy atom. The number of anilines is 1. The third kappa shape index (κ3) is 3.30. The molecule has 112 valence electrons. The van der Waals surface area contributed by atoms with Crippen molar-refractivity contribution in [2.24, 2.45) is 0 Å². The molecule has 2 heterocycles. The highest BCUT2D eigenvalue weighted by molar-refractivity contribution is 5.31. The third-order valence-corrected chi connectivity index (χ3v) is 3.36. The maximum Gasteiger partial charge on any atom is 0.433 e. The Balaban J connectivity index is 2.18. The number of aromatic nitrogens is 2. The molecule has 1 aliphatic heterocycles. The first-order chi connectivity index (χ1) is 9.27. The van der Waals surface area contributed by atoms with Gasteiger partial charge >= 0.3 is 6.18 Å². The molecule has 0 bridgehead atoms. The van der Waals surface area contributed by atoms with E-state index >= 15 is 0 Å². The molecule has 8 heteroatoms. The summed E-state index contributed by atoms with van der Waals surface area (Å²) >= 11 is 0. The Kier molecular flexibility index (Phi) is 4.03. The smallest absolute Gasteiger partial charge is 0.340 e. The normalized spacial score (nSPS) is 17.8. The monoisotopic (exact) mass is 290 g/mol. The number of aromatic amines is 1. The largest absolute Gasteiger partial charge is 0.433 e. The van der Waals surface area contributed by atoms with Crippen molar-refractivity contribution in [3.63, 3.8) is 0 Å². The lowest BCUT2D eigenvalue weighted by Crippen LogP contribution is -2.49. The van der Waals surface area contributed by atoms with Crippen LogP contribution in [0.15, 0.2) is 10.9 Å². The first kappa shape index (κ1) is 14.8. The molecule has 1 aliphatic rings. The van der Waals surface area contributed by atoms with E-state index in [4.69, 9.17) is 0 Å². The van der Waals surface area contributed by atoms with Crippen LogP contribution in [0.3, 0.4) is 0 Å². The topological polar surface area (TPSA) is 52.2 Å². The van der Waals surface area contributed by atoms with Gasteiger partial charge < -0.3 is 4.90 Å². The summed E-state index contributed by atoms with van der Waals surface area (Å²) in [5.41, 5.74) is -1.93. The van der Waals surface area contributed by atoms with Crippen molar-refractivity contribution in [1.82, 2.24) is 14.9 Å². The van der Waals surface area contributed by atoms with E-state index in [-0.39, 0.29) is 5.95 Å². The molecule has 0 atom stereocenters. The fraction of sp³-hybridized carbons (Fsp3) is 0.667. The van der Waals surface area contributed by atoms with Gasteiger partial charge in [-0.3, -0.25) is 14.7 Å².